The summed E-state index contributed by atoms with van der Waals surface area (Å²) in [5.74, 6) is -4.03. The van der Waals surface area contributed by atoms with E-state index < -0.39 is 43.2 Å². The summed E-state index contributed by atoms with van der Waals surface area (Å²) in [6.07, 6.45) is 0.284. The molecule has 0 N–H and O–H groups in total. The molecule has 1 heterocycles. The first-order chi connectivity index (χ1) is 9.80. The minimum absolute atomic E-state index is 0.374. The Morgan fingerprint density at radius 2 is 1.90 bits per heavy atom. The standard InChI is InChI=1S/C12H11ClF2O5S/c13-21(17,18)9-2-1-8(14)10(11(9)15)12(16)20-7-3-5-19-6-4-7/h1-2,7H,3-6H2. The Kier molecular flexibility index (Phi) is 4.80. The van der Waals surface area contributed by atoms with Gasteiger partial charge >= 0.3 is 5.97 Å². The Hall–Kier alpha value is -1.25. The van der Waals surface area contributed by atoms with Crippen molar-refractivity contribution in [2.75, 3.05) is 13.2 Å². The number of ether oxygens (including phenoxy) is 2. The van der Waals surface area contributed by atoms with Gasteiger partial charge in [0.15, 0.2) is 5.82 Å². The molecule has 1 aliphatic heterocycles. The molecule has 0 bridgehead atoms. The average molecular weight is 341 g/mol. The summed E-state index contributed by atoms with van der Waals surface area (Å²) >= 11 is 0. The van der Waals surface area contributed by atoms with E-state index in [1.54, 1.807) is 0 Å². The van der Waals surface area contributed by atoms with Crippen LogP contribution < -0.4 is 0 Å². The zero-order valence-electron chi connectivity index (χ0n) is 10.6. The molecule has 2 rings (SSSR count). The summed E-state index contributed by atoms with van der Waals surface area (Å²) in [5.41, 5.74) is -1.07. The van der Waals surface area contributed by atoms with Gasteiger partial charge in [0.2, 0.25) is 0 Å². The minimum Gasteiger partial charge on any atom is -0.458 e. The molecule has 1 saturated heterocycles. The van der Waals surface area contributed by atoms with E-state index >= 15 is 0 Å². The molecule has 21 heavy (non-hydrogen) atoms. The molecule has 0 aliphatic carbocycles. The lowest BCUT2D eigenvalue weighted by atomic mass is 10.1. The van der Waals surface area contributed by atoms with Gasteiger partial charge in [-0.15, -0.1) is 0 Å². The maximum absolute atomic E-state index is 14.0. The highest BCUT2D eigenvalue weighted by Gasteiger charge is 2.29. The van der Waals surface area contributed by atoms with E-state index in [9.17, 15) is 22.0 Å². The summed E-state index contributed by atoms with van der Waals surface area (Å²) in [6, 6.07) is 1.30. The molecule has 0 saturated carbocycles. The Labute approximate surface area is 124 Å². The highest BCUT2D eigenvalue weighted by molar-refractivity contribution is 8.13. The fourth-order valence-electron chi connectivity index (χ4n) is 1.91. The predicted molar refractivity (Wildman–Crippen MR) is 68.7 cm³/mol. The molecule has 1 aromatic rings. The second kappa shape index (κ2) is 6.25. The van der Waals surface area contributed by atoms with Gasteiger partial charge in [-0.05, 0) is 12.1 Å². The van der Waals surface area contributed by atoms with E-state index in [4.69, 9.17) is 20.2 Å². The fourth-order valence-corrected chi connectivity index (χ4v) is 2.82. The van der Waals surface area contributed by atoms with Crippen LogP contribution in [0.2, 0.25) is 0 Å². The molecule has 0 amide bonds. The van der Waals surface area contributed by atoms with Gasteiger partial charge in [0.25, 0.3) is 9.05 Å². The van der Waals surface area contributed by atoms with Crippen LogP contribution in [0, 0.1) is 11.6 Å². The van der Waals surface area contributed by atoms with Crippen LogP contribution in [0.25, 0.3) is 0 Å². The summed E-state index contributed by atoms with van der Waals surface area (Å²) in [5, 5.41) is 0. The molecule has 1 aliphatic rings. The van der Waals surface area contributed by atoms with Gasteiger partial charge < -0.3 is 9.47 Å². The van der Waals surface area contributed by atoms with Crippen molar-refractivity contribution in [1.82, 2.24) is 0 Å². The molecular weight excluding hydrogens is 330 g/mol. The first kappa shape index (κ1) is 16.1. The summed E-state index contributed by atoms with van der Waals surface area (Å²) in [6.45, 7) is 0.748. The molecule has 9 heteroatoms. The second-order valence-corrected chi connectivity index (χ2v) is 6.92. The smallest absolute Gasteiger partial charge is 0.344 e. The van der Waals surface area contributed by atoms with E-state index in [0.717, 1.165) is 0 Å². The number of hydrogen-bond acceptors (Lipinski definition) is 5. The third-order valence-corrected chi connectivity index (χ3v) is 4.30. The highest BCUT2D eigenvalue weighted by Crippen LogP contribution is 2.25. The van der Waals surface area contributed by atoms with E-state index in [1.807, 2.05) is 0 Å². The Morgan fingerprint density at radius 1 is 1.29 bits per heavy atom. The number of hydrogen-bond donors (Lipinski definition) is 0. The SMILES string of the molecule is O=C(OC1CCOCC1)c1c(F)ccc(S(=O)(=O)Cl)c1F. The van der Waals surface area contributed by atoms with Crippen molar-refractivity contribution in [2.45, 2.75) is 23.8 Å². The van der Waals surface area contributed by atoms with Gasteiger partial charge in [-0.25, -0.2) is 22.0 Å². The minimum atomic E-state index is -4.44. The molecule has 5 nitrogen and oxygen atoms in total. The molecule has 116 valence electrons. The van der Waals surface area contributed by atoms with Crippen molar-refractivity contribution in [3.05, 3.63) is 29.3 Å². The first-order valence-electron chi connectivity index (χ1n) is 6.02. The van der Waals surface area contributed by atoms with Gasteiger partial charge in [-0.1, -0.05) is 0 Å². The lowest BCUT2D eigenvalue weighted by molar-refractivity contribution is -0.0165. The third kappa shape index (κ3) is 3.69. The quantitative estimate of drug-likeness (QED) is 0.623. The molecule has 0 aromatic heterocycles. The number of esters is 1. The van der Waals surface area contributed by atoms with Crippen LogP contribution in [0.4, 0.5) is 8.78 Å². The predicted octanol–water partition coefficient (Wildman–Crippen LogP) is 2.23. The number of halogens is 3. The number of rotatable bonds is 3. The van der Waals surface area contributed by atoms with Crippen LogP contribution in [0.15, 0.2) is 17.0 Å². The monoisotopic (exact) mass is 340 g/mol. The van der Waals surface area contributed by atoms with Gasteiger partial charge in [0, 0.05) is 23.5 Å². The molecule has 0 spiro atoms. The number of carbonyl (C=O) groups excluding carboxylic acids is 1. The summed E-state index contributed by atoms with van der Waals surface area (Å²) in [4.78, 5) is 10.9. The van der Waals surface area contributed by atoms with Crippen LogP contribution in [0.1, 0.15) is 23.2 Å². The molecular formula is C12H11ClF2O5S. The van der Waals surface area contributed by atoms with Crippen LogP contribution in [-0.4, -0.2) is 33.7 Å². The van der Waals surface area contributed by atoms with Crippen LogP contribution in [-0.2, 0) is 18.5 Å². The Morgan fingerprint density at radius 3 is 2.48 bits per heavy atom. The van der Waals surface area contributed by atoms with Crippen LogP contribution in [0.5, 0.6) is 0 Å². The van der Waals surface area contributed by atoms with Crippen LogP contribution >= 0.6 is 10.7 Å². The van der Waals surface area contributed by atoms with E-state index in [-0.39, 0.29) is 0 Å². The van der Waals surface area contributed by atoms with Crippen molar-refractivity contribution >= 4 is 25.7 Å². The summed E-state index contributed by atoms with van der Waals surface area (Å²) < 4.78 is 60.0. The van der Waals surface area contributed by atoms with Crippen molar-refractivity contribution in [3.8, 4) is 0 Å². The third-order valence-electron chi connectivity index (χ3n) is 2.96. The summed E-state index contributed by atoms with van der Waals surface area (Å²) in [7, 11) is 0.589. The first-order valence-corrected chi connectivity index (χ1v) is 8.33. The van der Waals surface area contributed by atoms with E-state index in [0.29, 0.717) is 38.2 Å². The molecule has 0 atom stereocenters. The number of carbonyl (C=O) groups is 1. The van der Waals surface area contributed by atoms with Gasteiger partial charge in [0.1, 0.15) is 22.4 Å². The number of benzene rings is 1. The second-order valence-electron chi connectivity index (χ2n) is 4.39. The van der Waals surface area contributed by atoms with E-state index in [2.05, 4.69) is 0 Å². The van der Waals surface area contributed by atoms with Crippen molar-refractivity contribution in [3.63, 3.8) is 0 Å². The Bertz CT molecular complexity index is 656. The van der Waals surface area contributed by atoms with Crippen molar-refractivity contribution in [1.29, 1.82) is 0 Å². The topological polar surface area (TPSA) is 69.7 Å². The lowest BCUT2D eigenvalue weighted by Gasteiger charge is -2.22. The van der Waals surface area contributed by atoms with Gasteiger partial charge in [-0.2, -0.15) is 0 Å². The normalized spacial score (nSPS) is 16.7. The maximum atomic E-state index is 14.0. The van der Waals surface area contributed by atoms with Crippen molar-refractivity contribution < 1.29 is 31.5 Å². The maximum Gasteiger partial charge on any atom is 0.344 e. The Balaban J connectivity index is 2.32. The van der Waals surface area contributed by atoms with E-state index in [1.165, 1.54) is 0 Å². The average Bonchev–Trinajstić information content (AvgIpc) is 2.38. The largest absolute Gasteiger partial charge is 0.458 e. The molecule has 0 radical (unpaired) electrons. The molecule has 1 fully saturated rings. The van der Waals surface area contributed by atoms with Gasteiger partial charge in [-0.3, -0.25) is 0 Å². The van der Waals surface area contributed by atoms with Crippen molar-refractivity contribution in [2.24, 2.45) is 0 Å². The zero-order valence-corrected chi connectivity index (χ0v) is 12.2. The lowest BCUT2D eigenvalue weighted by Crippen LogP contribution is -2.27. The molecule has 0 unspecified atom stereocenters. The zero-order chi connectivity index (χ0) is 15.6. The van der Waals surface area contributed by atoms with Crippen LogP contribution in [0.3, 0.4) is 0 Å². The fraction of sp³-hybridized carbons (Fsp3) is 0.417. The molecule has 1 aromatic carbocycles. The van der Waals surface area contributed by atoms with Gasteiger partial charge in [0.05, 0.1) is 13.2 Å². The highest BCUT2D eigenvalue weighted by atomic mass is 35.7.